The molecule has 0 spiro atoms. The fourth-order valence-corrected chi connectivity index (χ4v) is 5.18. The first-order chi connectivity index (χ1) is 17.1. The van der Waals surface area contributed by atoms with Gasteiger partial charge in [-0.05, 0) is 68.4 Å². The van der Waals surface area contributed by atoms with E-state index in [4.69, 9.17) is 17.0 Å². The Balaban J connectivity index is 1.80. The third kappa shape index (κ3) is 4.95. The maximum absolute atomic E-state index is 13.8. The van der Waals surface area contributed by atoms with Crippen LogP contribution in [0.3, 0.4) is 0 Å². The van der Waals surface area contributed by atoms with Crippen molar-refractivity contribution in [1.82, 2.24) is 19.8 Å². The quantitative estimate of drug-likeness (QED) is 0.334. The van der Waals surface area contributed by atoms with E-state index < -0.39 is 11.7 Å². The van der Waals surface area contributed by atoms with Gasteiger partial charge in [-0.15, -0.1) is 0 Å². The van der Waals surface area contributed by atoms with Crippen LogP contribution in [-0.2, 0) is 15.7 Å². The maximum Gasteiger partial charge on any atom is 0.418 e. The molecule has 0 amide bonds. The van der Waals surface area contributed by atoms with Gasteiger partial charge in [0.1, 0.15) is 0 Å². The van der Waals surface area contributed by atoms with Gasteiger partial charge < -0.3 is 19.5 Å². The predicted octanol–water partition coefficient (Wildman–Crippen LogP) is 5.43. The second-order valence-electron chi connectivity index (χ2n) is 8.68. The summed E-state index contributed by atoms with van der Waals surface area (Å²) < 4.78 is 47.9. The van der Waals surface area contributed by atoms with Crippen LogP contribution in [0.15, 0.2) is 54.7 Å². The highest BCUT2D eigenvalue weighted by Gasteiger charge is 2.42. The second-order valence-corrected chi connectivity index (χ2v) is 9.06. The van der Waals surface area contributed by atoms with Crippen molar-refractivity contribution in [3.63, 3.8) is 0 Å². The summed E-state index contributed by atoms with van der Waals surface area (Å²) in [6.07, 6.45) is -2.06. The Hall–Kier alpha value is -3.40. The van der Waals surface area contributed by atoms with Crippen molar-refractivity contribution in [2.45, 2.75) is 44.9 Å². The number of carbonyl (C=O) groups excluding carboxylic acids is 1. The number of halogens is 3. The number of carbonyl (C=O) groups is 1. The molecule has 36 heavy (non-hydrogen) atoms. The van der Waals surface area contributed by atoms with E-state index in [-0.39, 0.29) is 30.2 Å². The van der Waals surface area contributed by atoms with Crippen molar-refractivity contribution in [2.24, 2.45) is 0 Å². The number of aromatic nitrogens is 2. The summed E-state index contributed by atoms with van der Waals surface area (Å²) >= 11 is 5.66. The number of hydrogen-bond donors (Lipinski definition) is 1. The predicted molar refractivity (Wildman–Crippen MR) is 134 cm³/mol. The summed E-state index contributed by atoms with van der Waals surface area (Å²) in [7, 11) is 1.35. The zero-order chi connectivity index (χ0) is 26.0. The average Bonchev–Trinajstić information content (AvgIpc) is 3.33. The number of methoxy groups -OCH3 is 1. The third-order valence-electron chi connectivity index (χ3n) is 6.44. The van der Waals surface area contributed by atoms with Crippen LogP contribution in [0.1, 0.15) is 53.1 Å². The second kappa shape index (κ2) is 10.3. The molecule has 1 fully saturated rings. The van der Waals surface area contributed by atoms with Crippen LogP contribution in [0.25, 0.3) is 5.69 Å². The number of aryl methyl sites for hydroxylation is 1. The fraction of sp³-hybridized carbons (Fsp3) is 0.346. The van der Waals surface area contributed by atoms with Gasteiger partial charge in [-0.25, -0.2) is 0 Å². The van der Waals surface area contributed by atoms with E-state index in [1.165, 1.54) is 19.2 Å². The largest absolute Gasteiger partial charge is 0.469 e. The number of para-hydroxylation sites is 1. The number of rotatable bonds is 7. The SMILES string of the molecule is COC(=O)CCCN1C(=S)NC(c2ccccn2)C1c1cc(C)n(-c2ccccc2C(F)(F)F)c1C. The lowest BCUT2D eigenvalue weighted by atomic mass is 9.96. The molecule has 0 bridgehead atoms. The van der Waals surface area contributed by atoms with E-state index in [9.17, 15) is 18.0 Å². The van der Waals surface area contributed by atoms with E-state index >= 15 is 0 Å². The summed E-state index contributed by atoms with van der Waals surface area (Å²) in [6, 6.07) is 12.4. The van der Waals surface area contributed by atoms with Crippen molar-refractivity contribution >= 4 is 23.3 Å². The van der Waals surface area contributed by atoms with Crippen molar-refractivity contribution in [3.8, 4) is 5.69 Å². The van der Waals surface area contributed by atoms with Crippen molar-refractivity contribution in [2.75, 3.05) is 13.7 Å². The van der Waals surface area contributed by atoms with E-state index in [2.05, 4.69) is 10.3 Å². The molecule has 1 aromatic carbocycles. The monoisotopic (exact) mass is 516 g/mol. The molecule has 1 aliphatic heterocycles. The standard InChI is InChI=1S/C26H27F3N4O2S/c1-16-15-18(17(2)33(16)21-11-5-4-9-19(21)26(27,28)29)24-23(20-10-6-7-13-30-20)31-25(36)32(24)14-8-12-22(34)35-3/h4-7,9-11,13,15,23-24H,8,12,14H2,1-3H3,(H,31,36). The normalized spacial score (nSPS) is 17.8. The van der Waals surface area contributed by atoms with Gasteiger partial charge in [-0.1, -0.05) is 18.2 Å². The molecule has 10 heteroatoms. The first kappa shape index (κ1) is 25.7. The van der Waals surface area contributed by atoms with Crippen LogP contribution in [0.5, 0.6) is 0 Å². The van der Waals surface area contributed by atoms with Crippen LogP contribution >= 0.6 is 12.2 Å². The lowest BCUT2D eigenvalue weighted by Gasteiger charge is -2.28. The van der Waals surface area contributed by atoms with Crippen LogP contribution in [0.4, 0.5) is 13.2 Å². The van der Waals surface area contributed by atoms with E-state index in [1.54, 1.807) is 23.8 Å². The highest BCUT2D eigenvalue weighted by atomic mass is 32.1. The van der Waals surface area contributed by atoms with Crippen molar-refractivity contribution in [3.05, 3.63) is 82.9 Å². The Morgan fingerprint density at radius 3 is 2.56 bits per heavy atom. The smallest absolute Gasteiger partial charge is 0.418 e. The van der Waals surface area contributed by atoms with Crippen LogP contribution in [0.2, 0.25) is 0 Å². The lowest BCUT2D eigenvalue weighted by molar-refractivity contribution is -0.141. The summed E-state index contributed by atoms with van der Waals surface area (Å²) in [4.78, 5) is 18.2. The number of hydrogen-bond acceptors (Lipinski definition) is 4. The number of esters is 1. The molecular weight excluding hydrogens is 489 g/mol. The van der Waals surface area contributed by atoms with Crippen molar-refractivity contribution in [1.29, 1.82) is 0 Å². The highest BCUT2D eigenvalue weighted by Crippen LogP contribution is 2.42. The molecule has 0 radical (unpaired) electrons. The molecule has 4 rings (SSSR count). The number of benzene rings is 1. The lowest BCUT2D eigenvalue weighted by Crippen LogP contribution is -2.31. The summed E-state index contributed by atoms with van der Waals surface area (Å²) in [5.74, 6) is -0.312. The number of alkyl halides is 3. The molecule has 1 aliphatic rings. The molecular formula is C26H27F3N4O2S. The molecule has 2 atom stereocenters. The summed E-state index contributed by atoms with van der Waals surface area (Å²) in [5, 5.41) is 3.84. The Bertz CT molecular complexity index is 1260. The number of pyridine rings is 1. The molecule has 2 unspecified atom stereocenters. The molecule has 2 aromatic heterocycles. The number of nitrogens with zero attached hydrogens (tertiary/aromatic N) is 3. The minimum absolute atomic E-state index is 0.0754. The van der Waals surface area contributed by atoms with Crippen LogP contribution in [0, 0.1) is 13.8 Å². The van der Waals surface area contributed by atoms with Gasteiger partial charge in [-0.2, -0.15) is 13.2 Å². The van der Waals surface area contributed by atoms with Gasteiger partial charge in [0.15, 0.2) is 5.11 Å². The van der Waals surface area contributed by atoms with E-state index in [0.717, 1.165) is 17.3 Å². The Labute approximate surface area is 213 Å². The molecule has 3 heterocycles. The Kier molecular flexibility index (Phi) is 7.35. The third-order valence-corrected chi connectivity index (χ3v) is 6.80. The maximum atomic E-state index is 13.8. The minimum atomic E-state index is -4.49. The molecule has 6 nitrogen and oxygen atoms in total. The highest BCUT2D eigenvalue weighted by molar-refractivity contribution is 7.80. The zero-order valence-corrected chi connectivity index (χ0v) is 21.0. The molecule has 3 aromatic rings. The van der Waals surface area contributed by atoms with Gasteiger partial charge in [-0.3, -0.25) is 9.78 Å². The van der Waals surface area contributed by atoms with Gasteiger partial charge in [0.25, 0.3) is 0 Å². The van der Waals surface area contributed by atoms with Gasteiger partial charge in [0.05, 0.1) is 36.1 Å². The zero-order valence-electron chi connectivity index (χ0n) is 20.2. The van der Waals surface area contributed by atoms with Gasteiger partial charge in [0.2, 0.25) is 0 Å². The molecule has 0 saturated carbocycles. The molecule has 0 aliphatic carbocycles. The topological polar surface area (TPSA) is 59.4 Å². The first-order valence-electron chi connectivity index (χ1n) is 11.5. The van der Waals surface area contributed by atoms with Gasteiger partial charge >= 0.3 is 12.1 Å². The van der Waals surface area contributed by atoms with E-state index in [1.807, 2.05) is 36.1 Å². The molecule has 1 saturated heterocycles. The van der Waals surface area contributed by atoms with E-state index in [0.29, 0.717) is 29.5 Å². The fourth-order valence-electron chi connectivity index (χ4n) is 4.85. The molecule has 1 N–H and O–H groups in total. The van der Waals surface area contributed by atoms with Crippen LogP contribution in [-0.4, -0.2) is 39.2 Å². The first-order valence-corrected chi connectivity index (χ1v) is 11.9. The number of thiocarbonyl (C=S) groups is 1. The van der Waals surface area contributed by atoms with Crippen LogP contribution < -0.4 is 5.32 Å². The number of nitrogens with one attached hydrogen (secondary N) is 1. The Morgan fingerprint density at radius 1 is 1.17 bits per heavy atom. The minimum Gasteiger partial charge on any atom is -0.469 e. The summed E-state index contributed by atoms with van der Waals surface area (Å²) in [5.41, 5.74) is 2.33. The Morgan fingerprint density at radius 2 is 1.89 bits per heavy atom. The number of ether oxygens (including phenoxy) is 1. The average molecular weight is 517 g/mol. The molecule has 190 valence electrons. The summed E-state index contributed by atoms with van der Waals surface area (Å²) in [6.45, 7) is 4.08. The van der Waals surface area contributed by atoms with Crippen molar-refractivity contribution < 1.29 is 22.7 Å². The van der Waals surface area contributed by atoms with Gasteiger partial charge in [0, 0.05) is 30.6 Å².